The van der Waals surface area contributed by atoms with Gasteiger partial charge in [-0.25, -0.2) is 0 Å². The van der Waals surface area contributed by atoms with Crippen molar-refractivity contribution >= 4 is 18.3 Å². The van der Waals surface area contributed by atoms with E-state index >= 15 is 0 Å². The van der Waals surface area contributed by atoms with Crippen molar-refractivity contribution in [3.8, 4) is 0 Å². The Kier molecular flexibility index (Phi) is 6.20. The number of carbonyl (C=O) groups excluding carboxylic acids is 1. The third kappa shape index (κ3) is 4.75. The number of amides is 1. The molecule has 0 radical (unpaired) electrons. The lowest BCUT2D eigenvalue weighted by molar-refractivity contribution is 0.0954. The molecule has 0 saturated carbocycles. The molecule has 0 unspecified atom stereocenters. The van der Waals surface area contributed by atoms with Gasteiger partial charge in [0, 0.05) is 19.3 Å². The molecule has 1 amide bonds. The average Bonchev–Trinajstić information content (AvgIpc) is 2.66. The van der Waals surface area contributed by atoms with Gasteiger partial charge >= 0.3 is 0 Å². The maximum atomic E-state index is 11.7. The molecule has 0 aromatic carbocycles. The molecule has 1 heterocycles. The molecule has 6 heteroatoms. The Morgan fingerprint density at radius 1 is 1.41 bits per heavy atom. The number of nitrogens with zero attached hydrogens (tertiary/aromatic N) is 2. The lowest BCUT2D eigenvalue weighted by Gasteiger charge is -2.18. The maximum absolute atomic E-state index is 11.7. The Morgan fingerprint density at radius 3 is 2.53 bits per heavy atom. The number of hydrogen-bond donors (Lipinski definition) is 2. The van der Waals surface area contributed by atoms with Gasteiger partial charge in [0.2, 0.25) is 0 Å². The molecule has 0 aliphatic carbocycles. The predicted octanol–water partition coefficient (Wildman–Crippen LogP) is 1.01. The Hall–Kier alpha value is -1.07. The second-order valence-corrected chi connectivity index (χ2v) is 4.70. The van der Waals surface area contributed by atoms with Gasteiger partial charge in [-0.15, -0.1) is 12.4 Å². The van der Waals surface area contributed by atoms with E-state index in [2.05, 4.69) is 15.7 Å². The molecule has 0 aliphatic heterocycles. The Balaban J connectivity index is 0.00000256. The second kappa shape index (κ2) is 6.61. The van der Waals surface area contributed by atoms with Crippen molar-refractivity contribution in [2.24, 2.45) is 0 Å². The zero-order valence-corrected chi connectivity index (χ0v) is 11.6. The minimum Gasteiger partial charge on any atom is -0.351 e. The highest BCUT2D eigenvalue weighted by Gasteiger charge is 2.16. The van der Waals surface area contributed by atoms with E-state index in [1.807, 2.05) is 27.8 Å². The van der Waals surface area contributed by atoms with Crippen molar-refractivity contribution in [2.45, 2.75) is 26.3 Å². The van der Waals surface area contributed by atoms with E-state index in [4.69, 9.17) is 0 Å². The molecule has 0 atom stereocenters. The van der Waals surface area contributed by atoms with Crippen molar-refractivity contribution < 1.29 is 4.79 Å². The SMILES string of the molecule is CNCCNC(=O)c1cnn(C(C)(C)C)c1.Cl. The molecular formula is C11H21ClN4O. The molecule has 98 valence electrons. The van der Waals surface area contributed by atoms with Crippen LogP contribution in [-0.4, -0.2) is 35.8 Å². The fourth-order valence-corrected chi connectivity index (χ4v) is 1.21. The summed E-state index contributed by atoms with van der Waals surface area (Å²) in [5.74, 6) is -0.0780. The summed E-state index contributed by atoms with van der Waals surface area (Å²) in [6.07, 6.45) is 3.37. The third-order valence-electron chi connectivity index (χ3n) is 2.19. The minimum absolute atomic E-state index is 0. The fourth-order valence-electron chi connectivity index (χ4n) is 1.21. The Morgan fingerprint density at radius 2 is 2.06 bits per heavy atom. The molecule has 0 saturated heterocycles. The Bertz CT molecular complexity index is 357. The highest BCUT2D eigenvalue weighted by atomic mass is 35.5. The van der Waals surface area contributed by atoms with Crippen LogP contribution in [0, 0.1) is 0 Å². The monoisotopic (exact) mass is 260 g/mol. The van der Waals surface area contributed by atoms with Gasteiger partial charge in [0.15, 0.2) is 0 Å². The van der Waals surface area contributed by atoms with E-state index in [1.165, 1.54) is 0 Å². The first-order valence-corrected chi connectivity index (χ1v) is 5.43. The normalized spacial score (nSPS) is 10.8. The fraction of sp³-hybridized carbons (Fsp3) is 0.636. The van der Waals surface area contributed by atoms with Crippen molar-refractivity contribution in [1.82, 2.24) is 20.4 Å². The van der Waals surface area contributed by atoms with Crippen LogP contribution in [0.2, 0.25) is 0 Å². The van der Waals surface area contributed by atoms with Crippen LogP contribution in [0.25, 0.3) is 0 Å². The lowest BCUT2D eigenvalue weighted by atomic mass is 10.1. The first-order valence-electron chi connectivity index (χ1n) is 5.43. The van der Waals surface area contributed by atoms with E-state index < -0.39 is 0 Å². The molecule has 0 fully saturated rings. The first-order chi connectivity index (χ1) is 7.45. The summed E-state index contributed by atoms with van der Waals surface area (Å²) in [6.45, 7) is 7.52. The standard InChI is InChI=1S/C11H20N4O.ClH/c1-11(2,3)15-8-9(7-14-15)10(16)13-6-5-12-4;/h7-8,12H,5-6H2,1-4H3,(H,13,16);1H. The first kappa shape index (κ1) is 15.9. The highest BCUT2D eigenvalue weighted by molar-refractivity contribution is 5.93. The summed E-state index contributed by atoms with van der Waals surface area (Å²) in [7, 11) is 1.85. The highest BCUT2D eigenvalue weighted by Crippen LogP contribution is 2.12. The number of halogens is 1. The molecule has 5 nitrogen and oxygen atoms in total. The van der Waals surface area contributed by atoms with Gasteiger partial charge in [-0.3, -0.25) is 9.48 Å². The summed E-state index contributed by atoms with van der Waals surface area (Å²) in [4.78, 5) is 11.7. The minimum atomic E-state index is -0.0937. The second-order valence-electron chi connectivity index (χ2n) is 4.70. The zero-order valence-electron chi connectivity index (χ0n) is 10.8. The van der Waals surface area contributed by atoms with E-state index in [1.54, 1.807) is 17.1 Å². The van der Waals surface area contributed by atoms with E-state index in [9.17, 15) is 4.79 Å². The van der Waals surface area contributed by atoms with E-state index in [0.29, 0.717) is 12.1 Å². The molecule has 1 rings (SSSR count). The summed E-state index contributed by atoms with van der Waals surface area (Å²) in [5, 5.41) is 9.96. The van der Waals surface area contributed by atoms with Crippen LogP contribution >= 0.6 is 12.4 Å². The molecular weight excluding hydrogens is 240 g/mol. The van der Waals surface area contributed by atoms with Gasteiger partial charge in [0.25, 0.3) is 5.91 Å². The number of nitrogens with one attached hydrogen (secondary N) is 2. The molecule has 0 spiro atoms. The molecule has 0 bridgehead atoms. The molecule has 2 N–H and O–H groups in total. The topological polar surface area (TPSA) is 58.9 Å². The van der Waals surface area contributed by atoms with Gasteiger partial charge in [-0.1, -0.05) is 0 Å². The van der Waals surface area contributed by atoms with Gasteiger partial charge in [0.1, 0.15) is 0 Å². The van der Waals surface area contributed by atoms with Gasteiger partial charge in [-0.05, 0) is 27.8 Å². The van der Waals surface area contributed by atoms with E-state index in [-0.39, 0.29) is 23.9 Å². The van der Waals surface area contributed by atoms with E-state index in [0.717, 1.165) is 6.54 Å². The van der Waals surface area contributed by atoms with Crippen molar-refractivity contribution in [3.05, 3.63) is 18.0 Å². The van der Waals surface area contributed by atoms with Crippen LogP contribution in [0.15, 0.2) is 12.4 Å². The van der Waals surface area contributed by atoms with Gasteiger partial charge < -0.3 is 10.6 Å². The van der Waals surface area contributed by atoms with Crippen molar-refractivity contribution in [3.63, 3.8) is 0 Å². The van der Waals surface area contributed by atoms with Crippen molar-refractivity contribution in [2.75, 3.05) is 20.1 Å². The summed E-state index contributed by atoms with van der Waals surface area (Å²) < 4.78 is 1.79. The largest absolute Gasteiger partial charge is 0.351 e. The van der Waals surface area contributed by atoms with Crippen LogP contribution in [0.1, 0.15) is 31.1 Å². The quantitative estimate of drug-likeness (QED) is 0.795. The summed E-state index contributed by atoms with van der Waals surface area (Å²) in [6, 6.07) is 0. The third-order valence-corrected chi connectivity index (χ3v) is 2.19. The number of rotatable bonds is 4. The lowest BCUT2D eigenvalue weighted by Crippen LogP contribution is -2.30. The molecule has 1 aromatic rings. The molecule has 0 aliphatic rings. The number of hydrogen-bond acceptors (Lipinski definition) is 3. The van der Waals surface area contributed by atoms with Crippen LogP contribution < -0.4 is 10.6 Å². The molecule has 1 aromatic heterocycles. The number of likely N-dealkylation sites (N-methyl/N-ethyl adjacent to an activating group) is 1. The van der Waals surface area contributed by atoms with Gasteiger partial charge in [-0.2, -0.15) is 5.10 Å². The molecule has 17 heavy (non-hydrogen) atoms. The maximum Gasteiger partial charge on any atom is 0.254 e. The van der Waals surface area contributed by atoms with Crippen LogP contribution in [-0.2, 0) is 5.54 Å². The van der Waals surface area contributed by atoms with Crippen molar-refractivity contribution in [1.29, 1.82) is 0 Å². The smallest absolute Gasteiger partial charge is 0.254 e. The number of carbonyl (C=O) groups is 1. The zero-order chi connectivity index (χ0) is 12.2. The Labute approximate surface area is 108 Å². The summed E-state index contributed by atoms with van der Waals surface area (Å²) >= 11 is 0. The van der Waals surface area contributed by atoms with Crippen LogP contribution in [0.5, 0.6) is 0 Å². The predicted molar refractivity (Wildman–Crippen MR) is 70.7 cm³/mol. The average molecular weight is 261 g/mol. The summed E-state index contributed by atoms with van der Waals surface area (Å²) in [5.41, 5.74) is 0.509. The van der Waals surface area contributed by atoms with Gasteiger partial charge in [0.05, 0.1) is 17.3 Å². The van der Waals surface area contributed by atoms with Crippen LogP contribution in [0.4, 0.5) is 0 Å². The van der Waals surface area contributed by atoms with Crippen LogP contribution in [0.3, 0.4) is 0 Å². The number of aromatic nitrogens is 2.